The summed E-state index contributed by atoms with van der Waals surface area (Å²) in [5.41, 5.74) is 9.40. The molecule has 0 aliphatic carbocycles. The zero-order chi connectivity index (χ0) is 17.4. The number of aliphatic imine (C=N–C) groups is 1. The molecular formula is C17H25FN4S. The van der Waals surface area contributed by atoms with E-state index in [9.17, 15) is 4.39 Å². The number of benzene rings is 1. The number of nitrogens with one attached hydrogen (secondary N) is 1. The minimum Gasteiger partial charge on any atom is -0.402 e. The number of halogens is 1. The molecule has 0 aliphatic heterocycles. The van der Waals surface area contributed by atoms with E-state index in [2.05, 4.69) is 16.3 Å². The third-order valence-electron chi connectivity index (χ3n) is 3.01. The van der Waals surface area contributed by atoms with Crippen LogP contribution in [0.4, 0.5) is 10.1 Å². The number of anilines is 1. The van der Waals surface area contributed by atoms with Gasteiger partial charge in [-0.05, 0) is 51.1 Å². The van der Waals surface area contributed by atoms with E-state index >= 15 is 0 Å². The van der Waals surface area contributed by atoms with Crippen LogP contribution in [0.2, 0.25) is 0 Å². The quantitative estimate of drug-likeness (QED) is 0.431. The predicted octanol–water partition coefficient (Wildman–Crippen LogP) is 3.73. The number of hydrogen-bond donors (Lipinski definition) is 2. The van der Waals surface area contributed by atoms with Crippen molar-refractivity contribution in [2.75, 3.05) is 17.9 Å². The Morgan fingerprint density at radius 1 is 1.48 bits per heavy atom. The third-order valence-corrected chi connectivity index (χ3v) is 3.74. The molecule has 1 aromatic carbocycles. The highest BCUT2D eigenvalue weighted by molar-refractivity contribution is 7.98. The van der Waals surface area contributed by atoms with E-state index in [1.807, 2.05) is 31.1 Å². The first-order valence-corrected chi connectivity index (χ1v) is 8.12. The highest BCUT2D eigenvalue weighted by Crippen LogP contribution is 2.29. The van der Waals surface area contributed by atoms with Crippen molar-refractivity contribution in [2.45, 2.75) is 27.3 Å². The monoisotopic (exact) mass is 336 g/mol. The van der Waals surface area contributed by atoms with Crippen LogP contribution in [0.1, 0.15) is 25.0 Å². The van der Waals surface area contributed by atoms with Crippen molar-refractivity contribution in [3.63, 3.8) is 0 Å². The van der Waals surface area contributed by atoms with Crippen LogP contribution in [0.5, 0.6) is 0 Å². The lowest BCUT2D eigenvalue weighted by Gasteiger charge is -2.23. The van der Waals surface area contributed by atoms with Gasteiger partial charge in [0.1, 0.15) is 5.82 Å². The minimum absolute atomic E-state index is 0.261. The van der Waals surface area contributed by atoms with Crippen LogP contribution in [-0.2, 0) is 6.54 Å². The maximum absolute atomic E-state index is 14.5. The van der Waals surface area contributed by atoms with Crippen molar-refractivity contribution >= 4 is 23.5 Å². The first-order valence-electron chi connectivity index (χ1n) is 7.35. The molecule has 3 N–H and O–H groups in total. The van der Waals surface area contributed by atoms with Gasteiger partial charge < -0.3 is 5.73 Å². The van der Waals surface area contributed by atoms with Crippen LogP contribution >= 0.6 is 12.1 Å². The number of hydrogen-bond acceptors (Lipinski definition) is 5. The van der Waals surface area contributed by atoms with Crippen molar-refractivity contribution in [2.24, 2.45) is 10.7 Å². The Hall–Kier alpha value is -1.79. The normalized spacial score (nSPS) is 12.4. The first-order chi connectivity index (χ1) is 10.9. The summed E-state index contributed by atoms with van der Waals surface area (Å²) >= 11 is 1.34. The molecule has 1 aromatic rings. The van der Waals surface area contributed by atoms with Gasteiger partial charge in [-0.3, -0.25) is 9.30 Å². The average Bonchev–Trinajstić information content (AvgIpc) is 2.44. The Bertz CT molecular complexity index is 584. The molecule has 6 heteroatoms. The number of aryl methyl sites for hydroxylation is 1. The van der Waals surface area contributed by atoms with Gasteiger partial charge in [-0.1, -0.05) is 12.1 Å². The lowest BCUT2D eigenvalue weighted by molar-refractivity contribution is 0.625. The predicted molar refractivity (Wildman–Crippen MR) is 100 cm³/mol. The van der Waals surface area contributed by atoms with Gasteiger partial charge in [0.15, 0.2) is 0 Å². The second-order valence-corrected chi connectivity index (χ2v) is 6.27. The second kappa shape index (κ2) is 9.37. The Morgan fingerprint density at radius 3 is 2.70 bits per heavy atom. The summed E-state index contributed by atoms with van der Waals surface area (Å²) in [4.78, 5) is 4.41. The Labute approximate surface area is 142 Å². The Kier molecular flexibility index (Phi) is 7.85. The van der Waals surface area contributed by atoms with Crippen molar-refractivity contribution in [1.82, 2.24) is 4.72 Å². The van der Waals surface area contributed by atoms with Crippen molar-refractivity contribution < 1.29 is 4.39 Å². The van der Waals surface area contributed by atoms with E-state index in [0.717, 1.165) is 16.8 Å². The first kappa shape index (κ1) is 19.3. The maximum atomic E-state index is 14.5. The lowest BCUT2D eigenvalue weighted by Crippen LogP contribution is -2.21. The van der Waals surface area contributed by atoms with E-state index < -0.39 is 0 Å². The van der Waals surface area contributed by atoms with Gasteiger partial charge in [0.05, 0.1) is 12.2 Å². The zero-order valence-electron chi connectivity index (χ0n) is 14.2. The van der Waals surface area contributed by atoms with Crippen molar-refractivity contribution in [1.29, 1.82) is 0 Å². The summed E-state index contributed by atoms with van der Waals surface area (Å²) in [6.45, 7) is 10.3. The molecule has 0 saturated heterocycles. The topological polar surface area (TPSA) is 53.6 Å². The van der Waals surface area contributed by atoms with E-state index in [4.69, 9.17) is 5.73 Å². The molecule has 126 valence electrons. The molecule has 0 unspecified atom stereocenters. The molecule has 0 heterocycles. The van der Waals surface area contributed by atoms with Gasteiger partial charge in [-0.15, -0.1) is 6.58 Å². The average molecular weight is 336 g/mol. The number of rotatable bonds is 8. The number of allylic oxidation sites excluding steroid dienone is 2. The summed E-state index contributed by atoms with van der Waals surface area (Å²) < 4.78 is 19.3. The van der Waals surface area contributed by atoms with Gasteiger partial charge in [0.25, 0.3) is 0 Å². The molecule has 0 atom stereocenters. The molecule has 0 aromatic heterocycles. The fourth-order valence-corrected chi connectivity index (χ4v) is 2.93. The number of nitrogens with zero attached hydrogens (tertiary/aromatic N) is 2. The van der Waals surface area contributed by atoms with Gasteiger partial charge in [-0.2, -0.15) is 0 Å². The SMILES string of the molecule is C=CCN(SNC)c1c(C)cc(CN=C(C)C=C(C)N)cc1F. The Morgan fingerprint density at radius 2 is 2.17 bits per heavy atom. The highest BCUT2D eigenvalue weighted by atomic mass is 32.2. The largest absolute Gasteiger partial charge is 0.402 e. The van der Waals surface area contributed by atoms with Crippen LogP contribution in [0.3, 0.4) is 0 Å². The van der Waals surface area contributed by atoms with E-state index in [-0.39, 0.29) is 5.82 Å². The number of nitrogens with two attached hydrogens (primary N) is 1. The van der Waals surface area contributed by atoms with Crippen molar-refractivity contribution in [3.05, 3.63) is 53.5 Å². The smallest absolute Gasteiger partial charge is 0.148 e. The summed E-state index contributed by atoms with van der Waals surface area (Å²) in [5.74, 6) is -0.261. The highest BCUT2D eigenvalue weighted by Gasteiger charge is 2.15. The van der Waals surface area contributed by atoms with Crippen LogP contribution in [0.25, 0.3) is 0 Å². The molecule has 1 rings (SSSR count). The van der Waals surface area contributed by atoms with Gasteiger partial charge in [-0.25, -0.2) is 9.11 Å². The standard InChI is InChI=1S/C17H25FN4S/c1-6-7-22(23-20-5)17-12(2)8-15(10-16(17)18)11-21-14(4)9-13(3)19/h6,8-10,20H,1,7,11,19H2,2-5H3. The minimum atomic E-state index is -0.261. The van der Waals surface area contributed by atoms with Gasteiger partial charge >= 0.3 is 0 Å². The molecule has 0 aliphatic rings. The van der Waals surface area contributed by atoms with Crippen LogP contribution in [0, 0.1) is 12.7 Å². The zero-order valence-corrected chi connectivity index (χ0v) is 15.0. The van der Waals surface area contributed by atoms with Gasteiger partial charge in [0.2, 0.25) is 0 Å². The molecule has 0 bridgehead atoms. The third kappa shape index (κ3) is 6.08. The fourth-order valence-electron chi connectivity index (χ4n) is 2.21. The van der Waals surface area contributed by atoms with E-state index in [0.29, 0.717) is 24.5 Å². The summed E-state index contributed by atoms with van der Waals surface area (Å²) in [6.07, 6.45) is 3.54. The Balaban J connectivity index is 3.05. The molecular weight excluding hydrogens is 311 g/mol. The molecule has 0 fully saturated rings. The summed E-state index contributed by atoms with van der Waals surface area (Å²) in [6, 6.07) is 3.49. The van der Waals surface area contributed by atoms with Crippen molar-refractivity contribution in [3.8, 4) is 0 Å². The van der Waals surface area contributed by atoms with Crippen LogP contribution in [0.15, 0.2) is 41.6 Å². The van der Waals surface area contributed by atoms with E-state index in [1.54, 1.807) is 19.2 Å². The second-order valence-electron chi connectivity index (χ2n) is 5.23. The van der Waals surface area contributed by atoms with Gasteiger partial charge in [0, 0.05) is 30.1 Å². The molecule has 23 heavy (non-hydrogen) atoms. The van der Waals surface area contributed by atoms with E-state index in [1.165, 1.54) is 18.2 Å². The summed E-state index contributed by atoms with van der Waals surface area (Å²) in [5, 5.41) is 0. The molecule has 0 amide bonds. The maximum Gasteiger partial charge on any atom is 0.148 e. The van der Waals surface area contributed by atoms with Crippen LogP contribution in [-0.4, -0.2) is 19.3 Å². The molecule has 0 radical (unpaired) electrons. The summed E-state index contributed by atoms with van der Waals surface area (Å²) in [7, 11) is 1.80. The lowest BCUT2D eigenvalue weighted by atomic mass is 10.1. The molecule has 4 nitrogen and oxygen atoms in total. The molecule has 0 saturated carbocycles. The van der Waals surface area contributed by atoms with Crippen LogP contribution < -0.4 is 14.8 Å². The molecule has 0 spiro atoms. The fraction of sp³-hybridized carbons (Fsp3) is 0.353.